The van der Waals surface area contributed by atoms with E-state index in [1.165, 1.54) is 0 Å². The average Bonchev–Trinajstić information content (AvgIpc) is 2.89. The zero-order valence-electron chi connectivity index (χ0n) is 27.2. The quantitative estimate of drug-likeness (QED) is 0.255. The van der Waals surface area contributed by atoms with Crippen LogP contribution >= 0.6 is 0 Å². The average molecular weight is 575 g/mol. The molecule has 6 nitrogen and oxygen atoms in total. The highest BCUT2D eigenvalue weighted by atomic mass is 16.5. The highest BCUT2D eigenvalue weighted by Gasteiger charge is 2.74. The minimum Gasteiger partial charge on any atom is -0.461 e. The predicted octanol–water partition coefficient (Wildman–Crippen LogP) is 5.65. The molecule has 0 radical (unpaired) electrons. The molecule has 234 valence electrons. The highest BCUT2D eigenvalue weighted by Crippen LogP contribution is 2.75. The van der Waals surface area contributed by atoms with Gasteiger partial charge in [-0.05, 0) is 90.8 Å². The molecular formula is C35H58O6. The molecule has 0 aliphatic heterocycles. The van der Waals surface area contributed by atoms with Crippen LogP contribution in [0.2, 0.25) is 0 Å². The smallest absolute Gasteiger partial charge is 0.308 e. The predicted molar refractivity (Wildman–Crippen MR) is 160 cm³/mol. The van der Waals surface area contributed by atoms with Crippen LogP contribution in [0.4, 0.5) is 0 Å². The molecule has 0 aromatic carbocycles. The van der Waals surface area contributed by atoms with Crippen molar-refractivity contribution in [2.45, 2.75) is 138 Å². The molecule has 0 saturated heterocycles. The van der Waals surface area contributed by atoms with E-state index in [1.54, 1.807) is 0 Å². The van der Waals surface area contributed by atoms with Crippen LogP contribution < -0.4 is 0 Å². The van der Waals surface area contributed by atoms with Crippen LogP contribution in [-0.4, -0.2) is 57.4 Å². The van der Waals surface area contributed by atoms with Gasteiger partial charge in [-0.2, -0.15) is 0 Å². The third-order valence-electron chi connectivity index (χ3n) is 14.5. The first kappa shape index (κ1) is 31.5. The number of aliphatic hydroxyl groups excluding tert-OH is 4. The minimum atomic E-state index is -1.23. The monoisotopic (exact) mass is 574 g/mol. The van der Waals surface area contributed by atoms with Gasteiger partial charge in [0.2, 0.25) is 0 Å². The molecule has 5 aliphatic carbocycles. The molecule has 12 atom stereocenters. The standard InChI is InChI=1S/C35H58O6/c1-10-20(2)29(40)41-26-18-30(3,4)17-22-21-11-12-24-32(7)15-14-25(37)31(5,6)23(32)13-16-33(24,8)34(21,9)27(38)28(39)35(22,26)19-36/h11,20,22-28,36-39H,10,12-19H2,1-9H3/t20-,22+,23+,24-,25+,26+,27+,28-,32+,33-,34+,35-/m1/s1. The Morgan fingerprint density at radius 2 is 1.63 bits per heavy atom. The normalized spacial score (nSPS) is 50.8. The summed E-state index contributed by atoms with van der Waals surface area (Å²) in [4.78, 5) is 13.1. The zero-order chi connectivity index (χ0) is 30.6. The lowest BCUT2D eigenvalue weighted by molar-refractivity contribution is -0.275. The highest BCUT2D eigenvalue weighted by molar-refractivity contribution is 5.72. The van der Waals surface area contributed by atoms with Crippen LogP contribution in [0.1, 0.15) is 114 Å². The molecule has 5 rings (SSSR count). The van der Waals surface area contributed by atoms with Gasteiger partial charge in [0.1, 0.15) is 6.10 Å². The second kappa shape index (κ2) is 9.78. The van der Waals surface area contributed by atoms with Gasteiger partial charge in [-0.25, -0.2) is 0 Å². The van der Waals surface area contributed by atoms with E-state index in [1.807, 2.05) is 13.8 Å². The van der Waals surface area contributed by atoms with Gasteiger partial charge in [0.05, 0.1) is 36.3 Å². The maximum atomic E-state index is 13.1. The summed E-state index contributed by atoms with van der Waals surface area (Å²) in [5, 5.41) is 46.7. The van der Waals surface area contributed by atoms with Gasteiger partial charge in [0.25, 0.3) is 0 Å². The molecule has 0 spiro atoms. The van der Waals surface area contributed by atoms with Crippen molar-refractivity contribution in [1.82, 2.24) is 0 Å². The second-order valence-electron chi connectivity index (χ2n) is 17.1. The van der Waals surface area contributed by atoms with Crippen LogP contribution in [-0.2, 0) is 9.53 Å². The Morgan fingerprint density at radius 3 is 2.24 bits per heavy atom. The van der Waals surface area contributed by atoms with E-state index in [9.17, 15) is 25.2 Å². The topological polar surface area (TPSA) is 107 Å². The summed E-state index contributed by atoms with van der Waals surface area (Å²) in [6.07, 6.45) is 5.55. The van der Waals surface area contributed by atoms with Gasteiger partial charge < -0.3 is 25.2 Å². The number of hydrogen-bond acceptors (Lipinski definition) is 6. The number of allylic oxidation sites excluding steroid dienone is 1. The van der Waals surface area contributed by atoms with E-state index >= 15 is 0 Å². The number of rotatable bonds is 4. The maximum absolute atomic E-state index is 13.1. The third-order valence-corrected chi connectivity index (χ3v) is 14.5. The first-order chi connectivity index (χ1) is 18.9. The fourth-order valence-corrected chi connectivity index (χ4v) is 11.5. The van der Waals surface area contributed by atoms with E-state index < -0.39 is 29.1 Å². The van der Waals surface area contributed by atoms with Crippen LogP contribution in [0.25, 0.3) is 0 Å². The number of fused-ring (bicyclic) bond motifs is 7. The largest absolute Gasteiger partial charge is 0.461 e. The lowest BCUT2D eigenvalue weighted by Gasteiger charge is -2.73. The molecular weight excluding hydrogens is 516 g/mol. The van der Waals surface area contributed by atoms with E-state index in [4.69, 9.17) is 4.74 Å². The molecule has 0 bridgehead atoms. The van der Waals surface area contributed by atoms with Crippen molar-refractivity contribution in [3.63, 3.8) is 0 Å². The molecule has 4 N–H and O–H groups in total. The maximum Gasteiger partial charge on any atom is 0.308 e. The van der Waals surface area contributed by atoms with Gasteiger partial charge in [0.15, 0.2) is 0 Å². The molecule has 41 heavy (non-hydrogen) atoms. The lowest BCUT2D eigenvalue weighted by Crippen LogP contribution is -2.74. The Labute approximate surface area is 248 Å². The van der Waals surface area contributed by atoms with Gasteiger partial charge in [-0.1, -0.05) is 74.0 Å². The SMILES string of the molecule is CC[C@@H](C)C(=O)O[C@H]1CC(C)(C)C[C@H]2C3=CC[C@@H]4[C@@]5(C)CC[C@H](O)C(C)(C)[C@@H]5CC[C@@]4(C)[C@]3(C)[C@@H](O)[C@@H](O)[C@@]12CO. The molecule has 0 amide bonds. The zero-order valence-corrected chi connectivity index (χ0v) is 27.2. The van der Waals surface area contributed by atoms with Gasteiger partial charge >= 0.3 is 5.97 Å². The fraction of sp³-hybridized carbons (Fsp3) is 0.914. The van der Waals surface area contributed by atoms with Crippen molar-refractivity contribution in [2.75, 3.05) is 6.61 Å². The van der Waals surface area contributed by atoms with E-state index in [0.29, 0.717) is 24.7 Å². The summed E-state index contributed by atoms with van der Waals surface area (Å²) < 4.78 is 6.21. The van der Waals surface area contributed by atoms with Crippen molar-refractivity contribution >= 4 is 5.97 Å². The number of carbonyl (C=O) groups excluding carboxylic acids is 1. The summed E-state index contributed by atoms with van der Waals surface area (Å²) >= 11 is 0. The first-order valence-corrected chi connectivity index (χ1v) is 16.4. The lowest BCUT2D eigenvalue weighted by atomic mass is 9.32. The van der Waals surface area contributed by atoms with Crippen molar-refractivity contribution in [3.05, 3.63) is 11.6 Å². The molecule has 4 saturated carbocycles. The van der Waals surface area contributed by atoms with E-state index in [-0.39, 0.29) is 52.2 Å². The molecule has 0 aromatic heterocycles. The molecule has 6 heteroatoms. The summed E-state index contributed by atoms with van der Waals surface area (Å²) in [6, 6.07) is 0. The Hall–Kier alpha value is -0.950. The Morgan fingerprint density at radius 1 is 0.976 bits per heavy atom. The van der Waals surface area contributed by atoms with Crippen LogP contribution in [0, 0.1) is 56.2 Å². The van der Waals surface area contributed by atoms with E-state index in [2.05, 4.69) is 54.5 Å². The molecule has 0 aromatic rings. The van der Waals surface area contributed by atoms with Gasteiger partial charge in [-0.3, -0.25) is 4.79 Å². The Bertz CT molecular complexity index is 1080. The number of hydrogen-bond donors (Lipinski definition) is 4. The molecule has 4 fully saturated rings. The van der Waals surface area contributed by atoms with Crippen molar-refractivity contribution in [3.8, 4) is 0 Å². The number of ether oxygens (including phenoxy) is 1. The molecule has 5 aliphatic rings. The van der Waals surface area contributed by atoms with Gasteiger partial charge in [0, 0.05) is 5.41 Å². The Balaban J connectivity index is 1.63. The molecule has 0 heterocycles. The third kappa shape index (κ3) is 3.98. The number of carbonyl (C=O) groups is 1. The Kier molecular flexibility index (Phi) is 7.50. The van der Waals surface area contributed by atoms with Crippen LogP contribution in [0.5, 0.6) is 0 Å². The minimum absolute atomic E-state index is 0.0111. The fourth-order valence-electron chi connectivity index (χ4n) is 11.5. The summed E-state index contributed by atoms with van der Waals surface area (Å²) in [7, 11) is 0. The second-order valence-corrected chi connectivity index (χ2v) is 17.1. The molecule has 0 unspecified atom stereocenters. The number of esters is 1. The van der Waals surface area contributed by atoms with Crippen molar-refractivity contribution in [2.24, 2.45) is 56.2 Å². The van der Waals surface area contributed by atoms with E-state index in [0.717, 1.165) is 44.1 Å². The van der Waals surface area contributed by atoms with Crippen molar-refractivity contribution < 1.29 is 30.0 Å². The summed E-state index contributed by atoms with van der Waals surface area (Å²) in [5.74, 6) is -0.0890. The van der Waals surface area contributed by atoms with Gasteiger partial charge in [-0.15, -0.1) is 0 Å². The first-order valence-electron chi connectivity index (χ1n) is 16.4. The van der Waals surface area contributed by atoms with Crippen LogP contribution in [0.15, 0.2) is 11.6 Å². The number of aliphatic hydroxyl groups is 4. The van der Waals surface area contributed by atoms with Crippen molar-refractivity contribution in [1.29, 1.82) is 0 Å². The summed E-state index contributed by atoms with van der Waals surface area (Å²) in [6.45, 7) is 19.3. The van der Waals surface area contributed by atoms with Crippen LogP contribution in [0.3, 0.4) is 0 Å². The summed E-state index contributed by atoms with van der Waals surface area (Å²) in [5.41, 5.74) is -1.28.